The molecule has 0 aromatic heterocycles. The average molecular weight is 292 g/mol. The van der Waals surface area contributed by atoms with Crippen LogP contribution in [0.5, 0.6) is 0 Å². The third-order valence-electron chi connectivity index (χ3n) is 0.931. The number of nitrogens with zero attached hydrogens (tertiary/aromatic N) is 2. The molecule has 0 aromatic carbocycles. The van der Waals surface area contributed by atoms with E-state index in [9.17, 15) is 21.3 Å². The van der Waals surface area contributed by atoms with Crippen LogP contribution in [0.1, 0.15) is 0 Å². The summed E-state index contributed by atoms with van der Waals surface area (Å²) in [6.07, 6.45) is 0. The summed E-state index contributed by atoms with van der Waals surface area (Å²) in [5, 5.41) is 0. The van der Waals surface area contributed by atoms with Crippen LogP contribution >= 0.6 is 25.5 Å². The molecular formula is C3H8F5N2O2P3. The van der Waals surface area contributed by atoms with Crippen LogP contribution in [0, 0.1) is 0 Å². The van der Waals surface area contributed by atoms with E-state index in [0.29, 0.717) is 0 Å². The summed E-state index contributed by atoms with van der Waals surface area (Å²) in [6, 6.07) is 0. The molecule has 0 N–H and O–H groups in total. The standard InChI is InChI=1S/C3H8F5N2O2P3/c1-11-2-3-12-15(8)9-14(7)10(4)13(5)6/h15H,2-3H2,1H3. The maximum Gasteiger partial charge on any atom is 0.381 e. The Morgan fingerprint density at radius 2 is 1.93 bits per heavy atom. The maximum absolute atomic E-state index is 12.6. The van der Waals surface area contributed by atoms with Gasteiger partial charge in [-0.1, -0.05) is 0 Å². The molecule has 0 aliphatic rings. The second kappa shape index (κ2) is 8.74. The number of halogens is 5. The van der Waals surface area contributed by atoms with Gasteiger partial charge in [0.05, 0.1) is 13.2 Å². The van der Waals surface area contributed by atoms with Crippen molar-refractivity contribution in [2.75, 3.05) is 20.3 Å². The SMILES string of the molecule is COCCO/[PH](F)=N/P(F)N(F)P(F)F. The van der Waals surface area contributed by atoms with Crippen LogP contribution in [-0.4, -0.2) is 25.0 Å². The summed E-state index contributed by atoms with van der Waals surface area (Å²) in [6.45, 7) is -0.143. The highest BCUT2D eigenvalue weighted by Gasteiger charge is 2.29. The number of rotatable bonds is 7. The summed E-state index contributed by atoms with van der Waals surface area (Å²) in [7, 11) is -10.0. The molecule has 0 saturated heterocycles. The molecule has 4 nitrogen and oxygen atoms in total. The fourth-order valence-corrected chi connectivity index (χ4v) is 2.50. The van der Waals surface area contributed by atoms with Gasteiger partial charge in [0.25, 0.3) is 0 Å². The highest BCUT2D eigenvalue weighted by atomic mass is 31.3. The Bertz CT molecular complexity index is 210. The molecule has 0 fully saturated rings. The monoisotopic (exact) mass is 292 g/mol. The lowest BCUT2D eigenvalue weighted by Gasteiger charge is -2.08. The van der Waals surface area contributed by atoms with Crippen LogP contribution in [0.3, 0.4) is 0 Å². The van der Waals surface area contributed by atoms with Gasteiger partial charge in [0.15, 0.2) is 0 Å². The Kier molecular flexibility index (Phi) is 9.10. The van der Waals surface area contributed by atoms with E-state index in [1.165, 1.54) is 7.11 Å². The minimum absolute atomic E-state index is 0.0517. The van der Waals surface area contributed by atoms with Crippen LogP contribution in [-0.2, 0) is 9.26 Å². The van der Waals surface area contributed by atoms with Gasteiger partial charge in [0, 0.05) is 11.8 Å². The summed E-state index contributed by atoms with van der Waals surface area (Å²) < 4.78 is 70.3. The van der Waals surface area contributed by atoms with Gasteiger partial charge in [-0.25, -0.2) is 0 Å². The molecule has 0 aliphatic heterocycles. The van der Waals surface area contributed by atoms with Gasteiger partial charge in [-0.3, -0.25) is 0 Å². The fourth-order valence-electron chi connectivity index (χ4n) is 0.396. The smallest absolute Gasteiger partial charge is 0.381 e. The number of ether oxygens (including phenoxy) is 1. The molecule has 2 atom stereocenters. The first kappa shape index (κ1) is 15.6. The van der Waals surface area contributed by atoms with Crippen molar-refractivity contribution < 1.29 is 30.5 Å². The molecule has 0 rings (SSSR count). The molecule has 2 unspecified atom stereocenters. The minimum atomic E-state index is -4.25. The van der Waals surface area contributed by atoms with E-state index in [-0.39, 0.29) is 13.2 Å². The zero-order chi connectivity index (χ0) is 11.8. The van der Waals surface area contributed by atoms with Gasteiger partial charge in [0.1, 0.15) is 0 Å². The summed E-state index contributed by atoms with van der Waals surface area (Å²) in [5.41, 5.74) is 0. The molecule has 92 valence electrons. The van der Waals surface area contributed by atoms with E-state index < -0.39 is 30.1 Å². The van der Waals surface area contributed by atoms with Crippen molar-refractivity contribution in [3.8, 4) is 0 Å². The Morgan fingerprint density at radius 1 is 1.33 bits per heavy atom. The quantitative estimate of drug-likeness (QED) is 0.302. The third-order valence-corrected chi connectivity index (χ3v) is 4.03. The van der Waals surface area contributed by atoms with E-state index in [1.807, 2.05) is 0 Å². The second-order valence-electron chi connectivity index (χ2n) is 1.89. The van der Waals surface area contributed by atoms with Gasteiger partial charge >= 0.3 is 17.2 Å². The van der Waals surface area contributed by atoms with E-state index in [4.69, 9.17) is 0 Å². The molecule has 0 heterocycles. The van der Waals surface area contributed by atoms with Crippen molar-refractivity contribution in [2.24, 2.45) is 4.52 Å². The topological polar surface area (TPSA) is 34.1 Å². The van der Waals surface area contributed by atoms with Gasteiger partial charge in [-0.2, -0.15) is 21.3 Å². The first-order valence-electron chi connectivity index (χ1n) is 3.38. The van der Waals surface area contributed by atoms with Crippen molar-refractivity contribution in [3.05, 3.63) is 0 Å². The van der Waals surface area contributed by atoms with Crippen molar-refractivity contribution >= 4 is 25.5 Å². The molecule has 15 heavy (non-hydrogen) atoms. The van der Waals surface area contributed by atoms with E-state index in [2.05, 4.69) is 13.8 Å². The number of methoxy groups -OCH3 is 1. The predicted molar refractivity (Wildman–Crippen MR) is 49.8 cm³/mol. The van der Waals surface area contributed by atoms with Gasteiger partial charge in [-0.05, 0) is 0 Å². The largest absolute Gasteiger partial charge is 0.382 e. The van der Waals surface area contributed by atoms with Crippen LogP contribution in [0.4, 0.5) is 21.3 Å². The van der Waals surface area contributed by atoms with E-state index in [1.54, 1.807) is 0 Å². The normalized spacial score (nSPS) is 16.3. The molecular weight excluding hydrogens is 284 g/mol. The molecule has 0 radical (unpaired) electrons. The van der Waals surface area contributed by atoms with Gasteiger partial charge < -0.3 is 9.26 Å². The molecule has 0 saturated carbocycles. The van der Waals surface area contributed by atoms with Crippen molar-refractivity contribution in [1.29, 1.82) is 0 Å². The fraction of sp³-hybridized carbons (Fsp3) is 1.00. The minimum Gasteiger partial charge on any atom is -0.382 e. The first-order valence-corrected chi connectivity index (χ1v) is 6.83. The molecule has 0 bridgehead atoms. The van der Waals surface area contributed by atoms with Crippen LogP contribution < -0.4 is 0 Å². The first-order chi connectivity index (χ1) is 6.99. The van der Waals surface area contributed by atoms with Crippen molar-refractivity contribution in [2.45, 2.75) is 0 Å². The Hall–Kier alpha value is 0.620. The van der Waals surface area contributed by atoms with E-state index >= 15 is 0 Å². The highest BCUT2D eigenvalue weighted by molar-refractivity contribution is 7.64. The Balaban J connectivity index is 3.99. The summed E-state index contributed by atoms with van der Waals surface area (Å²) >= 11 is 0. The highest BCUT2D eigenvalue weighted by Crippen LogP contribution is 2.63. The Labute approximate surface area is 86.4 Å². The average Bonchev–Trinajstić information content (AvgIpc) is 2.16. The maximum atomic E-state index is 12.6. The van der Waals surface area contributed by atoms with Crippen LogP contribution in [0.25, 0.3) is 0 Å². The van der Waals surface area contributed by atoms with Crippen LogP contribution in [0.2, 0.25) is 0 Å². The molecule has 0 spiro atoms. The number of hydrogen-bond donors (Lipinski definition) is 0. The Morgan fingerprint density at radius 3 is 2.40 bits per heavy atom. The van der Waals surface area contributed by atoms with Crippen molar-refractivity contribution in [3.63, 3.8) is 0 Å². The summed E-state index contributed by atoms with van der Waals surface area (Å²) in [4.78, 5) is 0. The lowest BCUT2D eigenvalue weighted by Crippen LogP contribution is -1.95. The zero-order valence-electron chi connectivity index (χ0n) is 7.41. The third kappa shape index (κ3) is 7.50. The predicted octanol–water partition coefficient (Wildman–Crippen LogP) is 4.40. The van der Waals surface area contributed by atoms with Crippen LogP contribution in [0.15, 0.2) is 4.52 Å². The molecule has 0 aromatic rings. The van der Waals surface area contributed by atoms with Crippen molar-refractivity contribution in [1.82, 2.24) is 4.66 Å². The zero-order valence-corrected chi connectivity index (χ0v) is 10.2. The lowest BCUT2D eigenvalue weighted by molar-refractivity contribution is 0.151. The molecule has 0 aliphatic carbocycles. The van der Waals surface area contributed by atoms with E-state index in [0.717, 1.165) is 0 Å². The lowest BCUT2D eigenvalue weighted by atomic mass is 10.8. The molecule has 12 heteroatoms. The number of hydrogen-bond acceptors (Lipinski definition) is 4. The van der Waals surface area contributed by atoms with Gasteiger partial charge in [-0.15, -0.1) is 4.48 Å². The summed E-state index contributed by atoms with van der Waals surface area (Å²) in [5.74, 6) is 0. The molecule has 0 amide bonds. The van der Waals surface area contributed by atoms with Gasteiger partial charge in [0.2, 0.25) is 8.25 Å². The second-order valence-corrected chi connectivity index (χ2v) is 5.41.